The average molecular weight is 435 g/mol. The Morgan fingerprint density at radius 2 is 1.71 bits per heavy atom. The molecule has 1 N–H and O–H groups in total. The van der Waals surface area contributed by atoms with Crippen LogP contribution in [0.1, 0.15) is 33.8 Å². The molecule has 6 nitrogen and oxygen atoms in total. The summed E-state index contributed by atoms with van der Waals surface area (Å²) in [5.41, 5.74) is 4.02. The Bertz CT molecular complexity index is 1030. The van der Waals surface area contributed by atoms with Gasteiger partial charge in [-0.1, -0.05) is 59.1 Å². The Morgan fingerprint density at radius 1 is 1.03 bits per heavy atom. The maximum Gasteiger partial charge on any atom is 0.267 e. The van der Waals surface area contributed by atoms with Crippen molar-refractivity contribution in [1.29, 1.82) is 0 Å². The van der Waals surface area contributed by atoms with Gasteiger partial charge in [0, 0.05) is 19.6 Å². The van der Waals surface area contributed by atoms with Crippen LogP contribution in [0.25, 0.3) is 11.1 Å². The molecular formula is C24H26N4O2S. The number of carbonyl (C=O) groups is 2. The molecule has 1 aliphatic heterocycles. The largest absolute Gasteiger partial charge is 0.356 e. The first-order valence-electron chi connectivity index (χ1n) is 10.6. The Morgan fingerprint density at radius 3 is 2.35 bits per heavy atom. The van der Waals surface area contributed by atoms with Crippen LogP contribution >= 0.6 is 11.5 Å². The van der Waals surface area contributed by atoms with Crippen LogP contribution < -0.4 is 5.32 Å². The first kappa shape index (κ1) is 21.2. The molecule has 4 rings (SSSR count). The van der Waals surface area contributed by atoms with Gasteiger partial charge in [-0.25, -0.2) is 0 Å². The molecular weight excluding hydrogens is 408 g/mol. The number of benzene rings is 2. The molecule has 0 spiro atoms. The van der Waals surface area contributed by atoms with Crippen molar-refractivity contribution < 1.29 is 9.59 Å². The van der Waals surface area contributed by atoms with Crippen LogP contribution in [-0.2, 0) is 11.2 Å². The van der Waals surface area contributed by atoms with E-state index in [0.29, 0.717) is 42.5 Å². The number of aryl methyl sites for hydroxylation is 1. The highest BCUT2D eigenvalue weighted by Crippen LogP contribution is 2.21. The van der Waals surface area contributed by atoms with Crippen LogP contribution in [0.5, 0.6) is 0 Å². The standard InChI is InChI=1S/C24H26N4O2S/c1-17-23(31-27-26-17)24(30)28-13-11-19(12-14-28)16-25-22(29)15-18-7-9-21(10-8-18)20-5-3-2-4-6-20/h2-10,19H,11-16H2,1H3,(H,25,29). The lowest BCUT2D eigenvalue weighted by Gasteiger charge is -2.31. The molecule has 2 heterocycles. The quantitative estimate of drug-likeness (QED) is 0.642. The van der Waals surface area contributed by atoms with E-state index >= 15 is 0 Å². The summed E-state index contributed by atoms with van der Waals surface area (Å²) in [6.45, 7) is 3.88. The molecule has 0 aliphatic carbocycles. The fourth-order valence-corrected chi connectivity index (χ4v) is 4.49. The second kappa shape index (κ2) is 9.83. The van der Waals surface area contributed by atoms with E-state index in [1.54, 1.807) is 0 Å². The summed E-state index contributed by atoms with van der Waals surface area (Å²) < 4.78 is 3.85. The predicted molar refractivity (Wildman–Crippen MR) is 122 cm³/mol. The van der Waals surface area contributed by atoms with Gasteiger partial charge in [-0.15, -0.1) is 5.10 Å². The van der Waals surface area contributed by atoms with Crippen LogP contribution in [-0.4, -0.2) is 45.9 Å². The molecule has 0 saturated carbocycles. The summed E-state index contributed by atoms with van der Waals surface area (Å²) in [4.78, 5) is 27.4. The van der Waals surface area contributed by atoms with E-state index in [-0.39, 0.29) is 11.8 Å². The van der Waals surface area contributed by atoms with Gasteiger partial charge >= 0.3 is 0 Å². The molecule has 1 aromatic heterocycles. The summed E-state index contributed by atoms with van der Waals surface area (Å²) in [5, 5.41) is 6.99. The van der Waals surface area contributed by atoms with Crippen molar-refractivity contribution in [3.63, 3.8) is 0 Å². The Kier molecular flexibility index (Phi) is 6.72. The molecule has 1 fully saturated rings. The Balaban J connectivity index is 1.21. The number of hydrogen-bond donors (Lipinski definition) is 1. The van der Waals surface area contributed by atoms with Gasteiger partial charge in [-0.2, -0.15) is 0 Å². The van der Waals surface area contributed by atoms with E-state index in [1.807, 2.05) is 42.2 Å². The molecule has 31 heavy (non-hydrogen) atoms. The average Bonchev–Trinajstić information content (AvgIpc) is 3.24. The summed E-state index contributed by atoms with van der Waals surface area (Å²) in [6, 6.07) is 18.4. The molecule has 1 saturated heterocycles. The molecule has 0 bridgehead atoms. The number of piperidine rings is 1. The van der Waals surface area contributed by atoms with E-state index in [0.717, 1.165) is 35.5 Å². The third kappa shape index (κ3) is 5.35. The maximum atomic E-state index is 12.6. The van der Waals surface area contributed by atoms with Crippen LogP contribution in [0.4, 0.5) is 0 Å². The summed E-state index contributed by atoms with van der Waals surface area (Å²) in [6.07, 6.45) is 2.16. The fraction of sp³-hybridized carbons (Fsp3) is 0.333. The number of aromatic nitrogens is 2. The van der Waals surface area contributed by atoms with Crippen LogP contribution in [0.3, 0.4) is 0 Å². The van der Waals surface area contributed by atoms with Crippen molar-refractivity contribution in [1.82, 2.24) is 19.8 Å². The SMILES string of the molecule is Cc1nnsc1C(=O)N1CCC(CNC(=O)Cc2ccc(-c3ccccc3)cc2)CC1. The second-order valence-corrected chi connectivity index (χ2v) is 8.72. The molecule has 0 unspecified atom stereocenters. The lowest BCUT2D eigenvalue weighted by atomic mass is 9.96. The lowest BCUT2D eigenvalue weighted by Crippen LogP contribution is -2.41. The van der Waals surface area contributed by atoms with E-state index in [4.69, 9.17) is 0 Å². The summed E-state index contributed by atoms with van der Waals surface area (Å²) >= 11 is 1.16. The monoisotopic (exact) mass is 434 g/mol. The normalized spacial score (nSPS) is 14.4. The first-order valence-corrected chi connectivity index (χ1v) is 11.4. The van der Waals surface area contributed by atoms with Gasteiger partial charge in [-0.3, -0.25) is 9.59 Å². The number of nitrogens with one attached hydrogen (secondary N) is 1. The molecule has 3 aromatic rings. The first-order chi connectivity index (χ1) is 15.1. The van der Waals surface area contributed by atoms with E-state index in [2.05, 4.69) is 39.2 Å². The van der Waals surface area contributed by atoms with Crippen molar-refractivity contribution in [2.45, 2.75) is 26.2 Å². The van der Waals surface area contributed by atoms with E-state index in [1.165, 1.54) is 5.56 Å². The number of amides is 2. The van der Waals surface area contributed by atoms with Crippen LogP contribution in [0.2, 0.25) is 0 Å². The second-order valence-electron chi connectivity index (χ2n) is 7.97. The molecule has 0 radical (unpaired) electrons. The highest BCUT2D eigenvalue weighted by atomic mass is 32.1. The zero-order chi connectivity index (χ0) is 21.6. The van der Waals surface area contributed by atoms with Crippen molar-refractivity contribution in [2.75, 3.05) is 19.6 Å². The third-order valence-corrected chi connectivity index (χ3v) is 6.58. The number of carbonyl (C=O) groups excluding carboxylic acids is 2. The Labute approximate surface area is 186 Å². The van der Waals surface area contributed by atoms with Gasteiger partial charge in [-0.05, 0) is 53.9 Å². The summed E-state index contributed by atoms with van der Waals surface area (Å²) in [7, 11) is 0. The van der Waals surface area contributed by atoms with Gasteiger partial charge in [0.05, 0.1) is 12.1 Å². The van der Waals surface area contributed by atoms with Crippen molar-refractivity contribution in [3.8, 4) is 11.1 Å². The van der Waals surface area contributed by atoms with Crippen molar-refractivity contribution in [3.05, 3.63) is 70.7 Å². The van der Waals surface area contributed by atoms with E-state index < -0.39 is 0 Å². The van der Waals surface area contributed by atoms with Crippen molar-refractivity contribution in [2.24, 2.45) is 5.92 Å². The predicted octanol–water partition coefficient (Wildman–Crippen LogP) is 3.72. The zero-order valence-corrected chi connectivity index (χ0v) is 18.4. The summed E-state index contributed by atoms with van der Waals surface area (Å²) in [5.74, 6) is 0.459. The topological polar surface area (TPSA) is 75.2 Å². The maximum absolute atomic E-state index is 12.6. The highest BCUT2D eigenvalue weighted by Gasteiger charge is 2.26. The van der Waals surface area contributed by atoms with Gasteiger partial charge in [0.25, 0.3) is 5.91 Å². The molecule has 7 heteroatoms. The lowest BCUT2D eigenvalue weighted by molar-refractivity contribution is -0.120. The van der Waals surface area contributed by atoms with Crippen LogP contribution in [0, 0.1) is 12.8 Å². The highest BCUT2D eigenvalue weighted by molar-refractivity contribution is 7.07. The van der Waals surface area contributed by atoms with Crippen LogP contribution in [0.15, 0.2) is 54.6 Å². The van der Waals surface area contributed by atoms with E-state index in [9.17, 15) is 9.59 Å². The minimum absolute atomic E-state index is 0.0222. The molecule has 2 amide bonds. The van der Waals surface area contributed by atoms with Gasteiger partial charge in [0.15, 0.2) is 0 Å². The molecule has 1 aliphatic rings. The third-order valence-electron chi connectivity index (χ3n) is 5.76. The number of likely N-dealkylation sites (tertiary alicyclic amines) is 1. The number of nitrogens with zero attached hydrogens (tertiary/aromatic N) is 3. The Hall–Kier alpha value is -3.06. The zero-order valence-electron chi connectivity index (χ0n) is 17.6. The minimum Gasteiger partial charge on any atom is -0.356 e. The smallest absolute Gasteiger partial charge is 0.267 e. The van der Waals surface area contributed by atoms with Gasteiger partial charge < -0.3 is 10.2 Å². The van der Waals surface area contributed by atoms with Gasteiger partial charge in [0.1, 0.15) is 4.88 Å². The minimum atomic E-state index is 0.0222. The molecule has 160 valence electrons. The number of hydrogen-bond acceptors (Lipinski definition) is 5. The number of rotatable bonds is 6. The van der Waals surface area contributed by atoms with Crippen molar-refractivity contribution >= 4 is 23.3 Å². The molecule has 0 atom stereocenters. The molecule has 2 aromatic carbocycles. The fourth-order valence-electron chi connectivity index (χ4n) is 3.86. The van der Waals surface area contributed by atoms with Gasteiger partial charge in [0.2, 0.25) is 5.91 Å².